The van der Waals surface area contributed by atoms with E-state index in [1.54, 1.807) is 12.0 Å². The van der Waals surface area contributed by atoms with Crippen LogP contribution < -0.4 is 5.32 Å². The van der Waals surface area contributed by atoms with Crippen LogP contribution in [0.3, 0.4) is 0 Å². The predicted molar refractivity (Wildman–Crippen MR) is 86.1 cm³/mol. The number of methoxy groups -OCH3 is 1. The van der Waals surface area contributed by atoms with Gasteiger partial charge in [0.25, 0.3) is 0 Å². The number of carbonyl (C=O) groups is 3. The lowest BCUT2D eigenvalue weighted by atomic mass is 10.2. The van der Waals surface area contributed by atoms with Gasteiger partial charge in [-0.15, -0.1) is 11.3 Å². The van der Waals surface area contributed by atoms with Gasteiger partial charge in [0.15, 0.2) is 0 Å². The molecule has 0 aromatic carbocycles. The van der Waals surface area contributed by atoms with Crippen LogP contribution in [-0.2, 0) is 25.5 Å². The monoisotopic (exact) mass is 339 g/mol. The van der Waals surface area contributed by atoms with Gasteiger partial charge in [-0.05, 0) is 11.4 Å². The van der Waals surface area contributed by atoms with Crippen molar-refractivity contribution in [2.24, 2.45) is 0 Å². The molecule has 1 aromatic heterocycles. The van der Waals surface area contributed by atoms with Crippen molar-refractivity contribution in [1.82, 2.24) is 15.1 Å². The molecule has 0 saturated carbocycles. The minimum absolute atomic E-state index is 0.0233. The molecule has 1 aliphatic heterocycles. The molecule has 0 unspecified atom stereocenters. The summed E-state index contributed by atoms with van der Waals surface area (Å²) < 4.78 is 4.85. The van der Waals surface area contributed by atoms with Crippen molar-refractivity contribution in [2.45, 2.75) is 6.42 Å². The summed E-state index contributed by atoms with van der Waals surface area (Å²) in [6.45, 7) is 1.76. The molecule has 3 amide bonds. The van der Waals surface area contributed by atoms with Crippen molar-refractivity contribution < 1.29 is 19.1 Å². The summed E-state index contributed by atoms with van der Waals surface area (Å²) in [4.78, 5) is 40.0. The van der Waals surface area contributed by atoms with E-state index >= 15 is 0 Å². The fourth-order valence-corrected chi connectivity index (χ4v) is 2.98. The first kappa shape index (κ1) is 17.4. The number of piperazine rings is 1. The first-order chi connectivity index (χ1) is 11.1. The molecule has 1 N–H and O–H groups in total. The normalized spacial score (nSPS) is 14.9. The number of hydrogen-bond acceptors (Lipinski definition) is 5. The SMILES string of the molecule is COCCNC(=O)CN1CCN(C(=O)Cc2cccs2)CC1=O. The second-order valence-corrected chi connectivity index (χ2v) is 6.26. The van der Waals surface area contributed by atoms with E-state index in [-0.39, 0.29) is 30.8 Å². The number of rotatable bonds is 7. The van der Waals surface area contributed by atoms with Crippen molar-refractivity contribution in [2.75, 3.05) is 46.4 Å². The summed E-state index contributed by atoms with van der Waals surface area (Å²) in [5.41, 5.74) is 0. The van der Waals surface area contributed by atoms with E-state index < -0.39 is 0 Å². The Morgan fingerprint density at radius 1 is 1.39 bits per heavy atom. The number of hydrogen-bond donors (Lipinski definition) is 1. The number of thiophene rings is 1. The molecule has 1 saturated heterocycles. The Kier molecular flexibility index (Phi) is 6.54. The number of nitrogens with zero attached hydrogens (tertiary/aromatic N) is 2. The van der Waals surface area contributed by atoms with Gasteiger partial charge in [0.2, 0.25) is 17.7 Å². The lowest BCUT2D eigenvalue weighted by Crippen LogP contribution is -2.54. The molecular formula is C15H21N3O4S. The molecule has 8 heteroatoms. The Labute approximate surface area is 139 Å². The van der Waals surface area contributed by atoms with Crippen molar-refractivity contribution in [1.29, 1.82) is 0 Å². The Bertz CT molecular complexity index is 547. The molecule has 0 radical (unpaired) electrons. The second kappa shape index (κ2) is 8.64. The highest BCUT2D eigenvalue weighted by Crippen LogP contribution is 2.12. The maximum atomic E-state index is 12.2. The number of carbonyl (C=O) groups excluding carboxylic acids is 3. The third-order valence-corrected chi connectivity index (χ3v) is 4.42. The standard InChI is InChI=1S/C15H21N3O4S/c1-22-7-4-16-13(19)10-17-5-6-18(11-15(17)21)14(20)9-12-3-2-8-23-12/h2-3,8H,4-7,9-11H2,1H3,(H,16,19). The molecule has 2 heterocycles. The van der Waals surface area contributed by atoms with E-state index in [1.165, 1.54) is 16.2 Å². The maximum Gasteiger partial charge on any atom is 0.242 e. The number of amides is 3. The van der Waals surface area contributed by atoms with Crippen LogP contribution in [0.25, 0.3) is 0 Å². The van der Waals surface area contributed by atoms with Gasteiger partial charge in [-0.3, -0.25) is 14.4 Å². The van der Waals surface area contributed by atoms with Gasteiger partial charge in [-0.25, -0.2) is 0 Å². The highest BCUT2D eigenvalue weighted by atomic mass is 32.1. The Hall–Kier alpha value is -1.93. The van der Waals surface area contributed by atoms with Crippen molar-refractivity contribution in [3.63, 3.8) is 0 Å². The van der Waals surface area contributed by atoms with Crippen LogP contribution in [0.2, 0.25) is 0 Å². The van der Waals surface area contributed by atoms with E-state index in [4.69, 9.17) is 4.74 Å². The number of ether oxygens (including phenoxy) is 1. The highest BCUT2D eigenvalue weighted by Gasteiger charge is 2.28. The van der Waals surface area contributed by atoms with Crippen LogP contribution in [0.1, 0.15) is 4.88 Å². The van der Waals surface area contributed by atoms with Gasteiger partial charge in [0.1, 0.15) is 0 Å². The highest BCUT2D eigenvalue weighted by molar-refractivity contribution is 7.10. The zero-order chi connectivity index (χ0) is 16.7. The quantitative estimate of drug-likeness (QED) is 0.693. The summed E-state index contributed by atoms with van der Waals surface area (Å²) in [6.07, 6.45) is 0.322. The minimum Gasteiger partial charge on any atom is -0.383 e. The Morgan fingerprint density at radius 3 is 2.87 bits per heavy atom. The van der Waals surface area contributed by atoms with Crippen molar-refractivity contribution in [3.05, 3.63) is 22.4 Å². The molecule has 2 rings (SSSR count). The summed E-state index contributed by atoms with van der Waals surface area (Å²) >= 11 is 1.53. The smallest absolute Gasteiger partial charge is 0.242 e. The van der Waals surface area contributed by atoms with E-state index in [9.17, 15) is 14.4 Å². The van der Waals surface area contributed by atoms with Crippen molar-refractivity contribution in [3.8, 4) is 0 Å². The van der Waals surface area contributed by atoms with Crippen LogP contribution in [0.4, 0.5) is 0 Å². The molecule has 0 atom stereocenters. The molecule has 0 bridgehead atoms. The van der Waals surface area contributed by atoms with Gasteiger partial charge < -0.3 is 19.9 Å². The number of nitrogens with one attached hydrogen (secondary N) is 1. The van der Waals surface area contributed by atoms with E-state index in [0.717, 1.165) is 4.88 Å². The van der Waals surface area contributed by atoms with Crippen LogP contribution in [0.15, 0.2) is 17.5 Å². The van der Waals surface area contributed by atoms with Gasteiger partial charge in [-0.2, -0.15) is 0 Å². The third-order valence-electron chi connectivity index (χ3n) is 3.54. The minimum atomic E-state index is -0.214. The lowest BCUT2D eigenvalue weighted by molar-refractivity contribution is -0.146. The van der Waals surface area contributed by atoms with E-state index in [0.29, 0.717) is 32.7 Å². The zero-order valence-corrected chi connectivity index (χ0v) is 13.9. The third kappa shape index (κ3) is 5.33. The maximum absolute atomic E-state index is 12.2. The van der Waals surface area contributed by atoms with Gasteiger partial charge in [0, 0.05) is 31.6 Å². The molecule has 0 aliphatic carbocycles. The Morgan fingerprint density at radius 2 is 2.22 bits per heavy atom. The molecule has 126 valence electrons. The largest absolute Gasteiger partial charge is 0.383 e. The molecular weight excluding hydrogens is 318 g/mol. The average Bonchev–Trinajstić information content (AvgIpc) is 3.02. The van der Waals surface area contributed by atoms with Gasteiger partial charge >= 0.3 is 0 Å². The Balaban J connectivity index is 1.77. The molecule has 1 aromatic rings. The molecule has 23 heavy (non-hydrogen) atoms. The summed E-state index contributed by atoms with van der Waals surface area (Å²) in [5, 5.41) is 4.60. The topological polar surface area (TPSA) is 79.0 Å². The van der Waals surface area contributed by atoms with E-state index in [2.05, 4.69) is 5.32 Å². The molecule has 1 aliphatic rings. The van der Waals surface area contributed by atoms with Gasteiger partial charge in [0.05, 0.1) is 26.1 Å². The molecule has 7 nitrogen and oxygen atoms in total. The van der Waals surface area contributed by atoms with Crippen LogP contribution in [-0.4, -0.2) is 74.0 Å². The van der Waals surface area contributed by atoms with Crippen molar-refractivity contribution >= 4 is 29.1 Å². The zero-order valence-electron chi connectivity index (χ0n) is 13.1. The van der Waals surface area contributed by atoms with Crippen LogP contribution in [0, 0.1) is 0 Å². The fourth-order valence-electron chi connectivity index (χ4n) is 2.28. The van der Waals surface area contributed by atoms with E-state index in [1.807, 2.05) is 17.5 Å². The summed E-state index contributed by atoms with van der Waals surface area (Å²) in [5.74, 6) is -0.462. The molecule has 0 spiro atoms. The second-order valence-electron chi connectivity index (χ2n) is 5.23. The van der Waals surface area contributed by atoms with Gasteiger partial charge in [-0.1, -0.05) is 6.07 Å². The van der Waals surface area contributed by atoms with Crippen LogP contribution >= 0.6 is 11.3 Å². The lowest BCUT2D eigenvalue weighted by Gasteiger charge is -2.34. The first-order valence-electron chi connectivity index (χ1n) is 7.43. The fraction of sp³-hybridized carbons (Fsp3) is 0.533. The summed E-state index contributed by atoms with van der Waals surface area (Å²) in [7, 11) is 1.56. The average molecular weight is 339 g/mol. The first-order valence-corrected chi connectivity index (χ1v) is 8.31. The predicted octanol–water partition coefficient (Wildman–Crippen LogP) is -0.276. The molecule has 1 fully saturated rings. The summed E-state index contributed by atoms with van der Waals surface area (Å²) in [6, 6.07) is 3.81. The van der Waals surface area contributed by atoms with Crippen LogP contribution in [0.5, 0.6) is 0 Å².